The summed E-state index contributed by atoms with van der Waals surface area (Å²) in [7, 11) is 0. The third-order valence-corrected chi connectivity index (χ3v) is 2.34. The van der Waals surface area contributed by atoms with Gasteiger partial charge in [0.1, 0.15) is 0 Å². The Balaban J connectivity index is 2.78. The Morgan fingerprint density at radius 1 is 1.57 bits per heavy atom. The number of ether oxygens (including phenoxy) is 1. The third kappa shape index (κ3) is 2.96. The highest BCUT2D eigenvalue weighted by Crippen LogP contribution is 2.13. The van der Waals surface area contributed by atoms with Crippen molar-refractivity contribution in [2.45, 2.75) is 39.8 Å². The van der Waals surface area contributed by atoms with E-state index < -0.39 is 0 Å². The molecular weight excluding hydrogens is 196 g/mol. The number of imidazole rings is 1. The fourth-order valence-corrected chi connectivity index (χ4v) is 1.81. The van der Waals surface area contributed by atoms with Crippen molar-refractivity contribution < 1.29 is 4.74 Å². The molecule has 1 aromatic heterocycles. The zero-order valence-electron chi connectivity index (χ0n) is 9.26. The Hall–Kier alpha value is -0.610. The van der Waals surface area contributed by atoms with Gasteiger partial charge in [-0.25, -0.2) is 0 Å². The van der Waals surface area contributed by atoms with E-state index in [1.807, 2.05) is 24.6 Å². The molecule has 0 aliphatic heterocycles. The zero-order valence-corrected chi connectivity index (χ0v) is 10.1. The van der Waals surface area contributed by atoms with Crippen LogP contribution in [0.4, 0.5) is 0 Å². The molecule has 0 saturated carbocycles. The van der Waals surface area contributed by atoms with Gasteiger partial charge in [-0.15, -0.1) is 0 Å². The summed E-state index contributed by atoms with van der Waals surface area (Å²) in [6.07, 6.45) is 2.02. The Morgan fingerprint density at radius 3 is 2.64 bits per heavy atom. The van der Waals surface area contributed by atoms with Crippen LogP contribution in [-0.2, 0) is 11.3 Å². The summed E-state index contributed by atoms with van der Waals surface area (Å²) in [6, 6.07) is 0. The van der Waals surface area contributed by atoms with E-state index in [4.69, 9.17) is 17.0 Å². The molecule has 0 aliphatic rings. The molecule has 1 aromatic rings. The SMILES string of the molecule is CCOC(C)(C)Cn1cc(C)[nH]c1=S. The van der Waals surface area contributed by atoms with Crippen molar-refractivity contribution >= 4 is 12.2 Å². The van der Waals surface area contributed by atoms with Crippen molar-refractivity contribution in [3.8, 4) is 0 Å². The first kappa shape index (κ1) is 11.5. The van der Waals surface area contributed by atoms with E-state index in [-0.39, 0.29) is 5.60 Å². The van der Waals surface area contributed by atoms with Crippen molar-refractivity contribution in [2.75, 3.05) is 6.61 Å². The quantitative estimate of drug-likeness (QED) is 0.781. The second-order valence-electron chi connectivity index (χ2n) is 4.06. The number of nitrogens with one attached hydrogen (secondary N) is 1. The summed E-state index contributed by atoms with van der Waals surface area (Å²) < 4.78 is 8.39. The van der Waals surface area contributed by atoms with E-state index in [0.717, 1.165) is 23.6 Å². The lowest BCUT2D eigenvalue weighted by Crippen LogP contribution is -2.30. The lowest BCUT2D eigenvalue weighted by atomic mass is 10.1. The molecule has 4 heteroatoms. The van der Waals surface area contributed by atoms with Crippen molar-refractivity contribution in [3.63, 3.8) is 0 Å². The fourth-order valence-electron chi connectivity index (χ4n) is 1.53. The van der Waals surface area contributed by atoms with Crippen LogP contribution in [0.5, 0.6) is 0 Å². The molecule has 1 heterocycles. The minimum Gasteiger partial charge on any atom is -0.374 e. The first-order valence-corrected chi connectivity index (χ1v) is 5.25. The number of aromatic nitrogens is 2. The molecule has 80 valence electrons. The van der Waals surface area contributed by atoms with Crippen molar-refractivity contribution in [1.29, 1.82) is 0 Å². The van der Waals surface area contributed by atoms with Gasteiger partial charge in [0.15, 0.2) is 4.77 Å². The minimum atomic E-state index is -0.165. The molecule has 0 unspecified atom stereocenters. The highest BCUT2D eigenvalue weighted by molar-refractivity contribution is 7.71. The second-order valence-corrected chi connectivity index (χ2v) is 4.45. The average molecular weight is 214 g/mol. The van der Waals surface area contributed by atoms with Gasteiger partial charge in [0.05, 0.1) is 12.1 Å². The summed E-state index contributed by atoms with van der Waals surface area (Å²) in [5.74, 6) is 0. The number of aryl methyl sites for hydroxylation is 1. The van der Waals surface area contributed by atoms with Crippen molar-refractivity contribution in [2.24, 2.45) is 0 Å². The number of nitrogens with zero attached hydrogens (tertiary/aromatic N) is 1. The summed E-state index contributed by atoms with van der Waals surface area (Å²) in [5.41, 5.74) is 0.920. The van der Waals surface area contributed by atoms with Crippen LogP contribution in [0.2, 0.25) is 0 Å². The average Bonchev–Trinajstić information content (AvgIpc) is 2.28. The molecule has 0 amide bonds. The van der Waals surface area contributed by atoms with Gasteiger partial charge in [-0.05, 0) is 39.9 Å². The number of H-pyrrole nitrogens is 1. The summed E-state index contributed by atoms with van der Waals surface area (Å²) in [6.45, 7) is 9.65. The molecule has 0 fully saturated rings. The summed E-state index contributed by atoms with van der Waals surface area (Å²) in [4.78, 5) is 3.09. The Morgan fingerprint density at radius 2 is 2.21 bits per heavy atom. The van der Waals surface area contributed by atoms with Gasteiger partial charge in [-0.2, -0.15) is 0 Å². The molecule has 0 saturated heterocycles. The number of hydrogen-bond donors (Lipinski definition) is 1. The topological polar surface area (TPSA) is 29.9 Å². The Bertz CT molecular complexity index is 351. The second kappa shape index (κ2) is 4.28. The molecule has 0 spiro atoms. The molecule has 1 N–H and O–H groups in total. The van der Waals surface area contributed by atoms with E-state index in [1.54, 1.807) is 0 Å². The molecular formula is C10H18N2OS. The molecule has 3 nitrogen and oxygen atoms in total. The van der Waals surface area contributed by atoms with Crippen LogP contribution < -0.4 is 0 Å². The molecule has 0 atom stereocenters. The lowest BCUT2D eigenvalue weighted by molar-refractivity contribution is -0.0226. The van der Waals surface area contributed by atoms with Crippen LogP contribution >= 0.6 is 12.2 Å². The van der Waals surface area contributed by atoms with Gasteiger partial charge in [0, 0.05) is 18.5 Å². The van der Waals surface area contributed by atoms with Gasteiger partial charge in [-0.1, -0.05) is 0 Å². The van der Waals surface area contributed by atoms with E-state index >= 15 is 0 Å². The molecule has 0 aromatic carbocycles. The standard InChI is InChI=1S/C10H18N2OS/c1-5-13-10(3,4)7-12-6-8(2)11-9(12)14/h6H,5,7H2,1-4H3,(H,11,14). The smallest absolute Gasteiger partial charge is 0.177 e. The molecule has 0 aliphatic carbocycles. The van der Waals surface area contributed by atoms with Crippen LogP contribution in [0.3, 0.4) is 0 Å². The van der Waals surface area contributed by atoms with Gasteiger partial charge < -0.3 is 14.3 Å². The number of rotatable bonds is 4. The summed E-state index contributed by atoms with van der Waals surface area (Å²) >= 11 is 5.18. The van der Waals surface area contributed by atoms with Gasteiger partial charge in [0.2, 0.25) is 0 Å². The molecule has 0 bridgehead atoms. The van der Waals surface area contributed by atoms with Crippen LogP contribution in [0.15, 0.2) is 6.20 Å². The third-order valence-electron chi connectivity index (χ3n) is 2.00. The molecule has 0 radical (unpaired) electrons. The van der Waals surface area contributed by atoms with Crippen molar-refractivity contribution in [3.05, 3.63) is 16.7 Å². The minimum absolute atomic E-state index is 0.165. The van der Waals surface area contributed by atoms with Crippen LogP contribution in [-0.4, -0.2) is 21.8 Å². The van der Waals surface area contributed by atoms with Gasteiger partial charge >= 0.3 is 0 Å². The van der Waals surface area contributed by atoms with E-state index in [1.165, 1.54) is 0 Å². The highest BCUT2D eigenvalue weighted by atomic mass is 32.1. The van der Waals surface area contributed by atoms with E-state index in [0.29, 0.717) is 0 Å². The van der Waals surface area contributed by atoms with Crippen LogP contribution in [0.25, 0.3) is 0 Å². The summed E-state index contributed by atoms with van der Waals surface area (Å²) in [5, 5.41) is 0. The molecule has 14 heavy (non-hydrogen) atoms. The zero-order chi connectivity index (χ0) is 10.8. The maximum Gasteiger partial charge on any atom is 0.177 e. The predicted molar refractivity (Wildman–Crippen MR) is 60.1 cm³/mol. The monoisotopic (exact) mass is 214 g/mol. The maximum absolute atomic E-state index is 5.62. The van der Waals surface area contributed by atoms with Crippen molar-refractivity contribution in [1.82, 2.24) is 9.55 Å². The first-order valence-electron chi connectivity index (χ1n) is 4.84. The Labute approximate surface area is 90.1 Å². The highest BCUT2D eigenvalue weighted by Gasteiger charge is 2.18. The predicted octanol–water partition coefficient (Wildman–Crippen LogP) is 2.67. The van der Waals surface area contributed by atoms with E-state index in [2.05, 4.69) is 18.8 Å². The fraction of sp³-hybridized carbons (Fsp3) is 0.700. The van der Waals surface area contributed by atoms with Crippen LogP contribution in [0.1, 0.15) is 26.5 Å². The molecule has 1 rings (SSSR count). The van der Waals surface area contributed by atoms with E-state index in [9.17, 15) is 0 Å². The number of aromatic amines is 1. The Kier molecular flexibility index (Phi) is 3.50. The number of hydrogen-bond acceptors (Lipinski definition) is 2. The largest absolute Gasteiger partial charge is 0.374 e. The van der Waals surface area contributed by atoms with Crippen LogP contribution in [0, 0.1) is 11.7 Å². The normalized spacial score (nSPS) is 12.0. The lowest BCUT2D eigenvalue weighted by Gasteiger charge is -2.24. The maximum atomic E-state index is 5.62. The first-order chi connectivity index (χ1) is 6.44. The van der Waals surface area contributed by atoms with Gasteiger partial charge in [-0.3, -0.25) is 0 Å². The van der Waals surface area contributed by atoms with Gasteiger partial charge in [0.25, 0.3) is 0 Å².